The van der Waals surface area contributed by atoms with E-state index < -0.39 is 5.97 Å². The van der Waals surface area contributed by atoms with Gasteiger partial charge in [-0.05, 0) is 37.3 Å². The van der Waals surface area contributed by atoms with Crippen LogP contribution in [-0.4, -0.2) is 21.2 Å². The van der Waals surface area contributed by atoms with Crippen molar-refractivity contribution in [1.29, 1.82) is 0 Å². The normalized spacial score (nSPS) is 10.7. The van der Waals surface area contributed by atoms with Gasteiger partial charge in [0.25, 0.3) is 0 Å². The summed E-state index contributed by atoms with van der Waals surface area (Å²) in [6, 6.07) is 13.7. The molecule has 3 rings (SSSR count). The van der Waals surface area contributed by atoms with Gasteiger partial charge >= 0.3 is 5.97 Å². The minimum atomic E-state index is -0.991. The lowest BCUT2D eigenvalue weighted by molar-refractivity contribution is 0.0699. The Morgan fingerprint density at radius 1 is 1.10 bits per heavy atom. The summed E-state index contributed by atoms with van der Waals surface area (Å²) in [7, 11) is 0. The Bertz CT molecular complexity index is 856. The number of nitrogens with zero attached hydrogens (tertiary/aromatic N) is 1. The summed E-state index contributed by atoms with van der Waals surface area (Å²) in [5, 5.41) is 19.6. The maximum absolute atomic E-state index is 11.5. The fourth-order valence-electron chi connectivity index (χ4n) is 2.33. The van der Waals surface area contributed by atoms with Crippen LogP contribution in [-0.2, 0) is 0 Å². The maximum Gasteiger partial charge on any atom is 0.336 e. The Balaban J connectivity index is 2.31. The number of aryl methyl sites for hydroxylation is 1. The highest BCUT2D eigenvalue weighted by molar-refractivity contribution is 6.04. The van der Waals surface area contributed by atoms with Crippen LogP contribution in [0.25, 0.3) is 22.2 Å². The summed E-state index contributed by atoms with van der Waals surface area (Å²) in [5.74, 6) is -0.871. The molecule has 0 unspecified atom stereocenters. The van der Waals surface area contributed by atoms with Crippen molar-refractivity contribution in [3.05, 3.63) is 59.7 Å². The number of fused-ring (bicyclic) bond motifs is 1. The average Bonchev–Trinajstić information content (AvgIpc) is 2.46. The fraction of sp³-hybridized carbons (Fsp3) is 0.0588. The van der Waals surface area contributed by atoms with Crippen molar-refractivity contribution >= 4 is 16.9 Å². The van der Waals surface area contributed by atoms with Gasteiger partial charge in [0.2, 0.25) is 0 Å². The van der Waals surface area contributed by atoms with Crippen LogP contribution in [0.5, 0.6) is 5.75 Å². The molecule has 21 heavy (non-hydrogen) atoms. The summed E-state index contributed by atoms with van der Waals surface area (Å²) in [5.41, 5.74) is 3.03. The minimum Gasteiger partial charge on any atom is -0.508 e. The largest absolute Gasteiger partial charge is 0.508 e. The van der Waals surface area contributed by atoms with Gasteiger partial charge in [-0.3, -0.25) is 0 Å². The molecule has 4 nitrogen and oxygen atoms in total. The number of aromatic carboxylic acids is 1. The van der Waals surface area contributed by atoms with E-state index in [9.17, 15) is 15.0 Å². The summed E-state index contributed by atoms with van der Waals surface area (Å²) < 4.78 is 0. The Labute approximate surface area is 121 Å². The molecule has 0 fully saturated rings. The van der Waals surface area contributed by atoms with Gasteiger partial charge in [0.1, 0.15) is 5.75 Å². The molecule has 1 heterocycles. The van der Waals surface area contributed by atoms with Crippen LogP contribution in [0, 0.1) is 6.92 Å². The van der Waals surface area contributed by atoms with E-state index in [1.165, 1.54) is 0 Å². The minimum absolute atomic E-state index is 0.121. The van der Waals surface area contributed by atoms with Crippen LogP contribution >= 0.6 is 0 Å². The summed E-state index contributed by atoms with van der Waals surface area (Å²) in [6.07, 6.45) is 0. The molecule has 2 aromatic carbocycles. The molecule has 0 saturated carbocycles. The van der Waals surface area contributed by atoms with Crippen molar-refractivity contribution in [3.63, 3.8) is 0 Å². The number of rotatable bonds is 2. The lowest BCUT2D eigenvalue weighted by Crippen LogP contribution is -2.00. The molecule has 2 N–H and O–H groups in total. The van der Waals surface area contributed by atoms with Crippen molar-refractivity contribution in [2.75, 3.05) is 0 Å². The smallest absolute Gasteiger partial charge is 0.336 e. The van der Waals surface area contributed by atoms with Crippen molar-refractivity contribution in [2.24, 2.45) is 0 Å². The van der Waals surface area contributed by atoms with E-state index in [0.717, 1.165) is 5.56 Å². The molecule has 0 aliphatic rings. The number of aromatic hydroxyl groups is 1. The zero-order valence-electron chi connectivity index (χ0n) is 11.4. The van der Waals surface area contributed by atoms with Crippen molar-refractivity contribution in [1.82, 2.24) is 4.98 Å². The molecular formula is C17H13NO3. The number of phenols is 1. The van der Waals surface area contributed by atoms with Gasteiger partial charge in [-0.15, -0.1) is 0 Å². The van der Waals surface area contributed by atoms with E-state index in [4.69, 9.17) is 0 Å². The second-order valence-electron chi connectivity index (χ2n) is 4.93. The summed E-state index contributed by atoms with van der Waals surface area (Å²) >= 11 is 0. The van der Waals surface area contributed by atoms with Crippen LogP contribution in [0.15, 0.2) is 48.5 Å². The van der Waals surface area contributed by atoms with E-state index in [0.29, 0.717) is 22.2 Å². The SMILES string of the molecule is Cc1ccc2nc(-c3cccc(O)c3)cc(C(=O)O)c2c1. The first kappa shape index (κ1) is 13.1. The number of carboxylic acids is 1. The molecule has 0 bridgehead atoms. The fourth-order valence-corrected chi connectivity index (χ4v) is 2.33. The van der Waals surface area contributed by atoms with Crippen LogP contribution in [0.2, 0.25) is 0 Å². The third kappa shape index (κ3) is 2.43. The highest BCUT2D eigenvalue weighted by Crippen LogP contribution is 2.27. The molecule has 4 heteroatoms. The Morgan fingerprint density at radius 3 is 2.62 bits per heavy atom. The van der Waals surface area contributed by atoms with Crippen molar-refractivity contribution < 1.29 is 15.0 Å². The number of phenolic OH excluding ortho intramolecular Hbond substituents is 1. The first-order valence-corrected chi connectivity index (χ1v) is 6.49. The summed E-state index contributed by atoms with van der Waals surface area (Å²) in [6.45, 7) is 1.91. The molecule has 0 aliphatic carbocycles. The predicted octanol–water partition coefficient (Wildman–Crippen LogP) is 3.61. The van der Waals surface area contributed by atoms with Gasteiger partial charge in [0.15, 0.2) is 0 Å². The topological polar surface area (TPSA) is 70.4 Å². The number of hydrogen-bond donors (Lipinski definition) is 2. The Hall–Kier alpha value is -2.88. The van der Waals surface area contributed by atoms with E-state index in [2.05, 4.69) is 4.98 Å². The monoisotopic (exact) mass is 279 g/mol. The third-order valence-electron chi connectivity index (χ3n) is 3.34. The first-order chi connectivity index (χ1) is 10.0. The lowest BCUT2D eigenvalue weighted by Gasteiger charge is -2.08. The third-order valence-corrected chi connectivity index (χ3v) is 3.34. The number of carboxylic acid groups (broad SMARTS) is 1. The Kier molecular flexibility index (Phi) is 3.06. The molecule has 3 aromatic rings. The van der Waals surface area contributed by atoms with Crippen LogP contribution in [0.3, 0.4) is 0 Å². The highest BCUT2D eigenvalue weighted by atomic mass is 16.4. The van der Waals surface area contributed by atoms with Gasteiger partial charge < -0.3 is 10.2 Å². The van der Waals surface area contributed by atoms with E-state index >= 15 is 0 Å². The van der Waals surface area contributed by atoms with Crippen molar-refractivity contribution in [3.8, 4) is 17.0 Å². The second kappa shape index (κ2) is 4.90. The molecule has 104 valence electrons. The van der Waals surface area contributed by atoms with E-state index in [1.54, 1.807) is 30.3 Å². The number of benzene rings is 2. The van der Waals surface area contributed by atoms with Gasteiger partial charge in [0, 0.05) is 10.9 Å². The average molecular weight is 279 g/mol. The van der Waals surface area contributed by atoms with Gasteiger partial charge in [-0.2, -0.15) is 0 Å². The first-order valence-electron chi connectivity index (χ1n) is 6.49. The van der Waals surface area contributed by atoms with Crippen molar-refractivity contribution in [2.45, 2.75) is 6.92 Å². The van der Waals surface area contributed by atoms with Gasteiger partial charge in [-0.1, -0.05) is 23.8 Å². The zero-order chi connectivity index (χ0) is 15.0. The quantitative estimate of drug-likeness (QED) is 0.751. The van der Waals surface area contributed by atoms with Gasteiger partial charge in [-0.25, -0.2) is 9.78 Å². The molecule has 0 spiro atoms. The molecule has 0 aliphatic heterocycles. The van der Waals surface area contributed by atoms with E-state index in [-0.39, 0.29) is 11.3 Å². The maximum atomic E-state index is 11.5. The molecule has 0 amide bonds. The lowest BCUT2D eigenvalue weighted by atomic mass is 10.0. The molecule has 0 saturated heterocycles. The molecular weight excluding hydrogens is 266 g/mol. The summed E-state index contributed by atoms with van der Waals surface area (Å²) in [4.78, 5) is 16.0. The van der Waals surface area contributed by atoms with Crippen LogP contribution in [0.4, 0.5) is 0 Å². The zero-order valence-corrected chi connectivity index (χ0v) is 11.4. The van der Waals surface area contributed by atoms with Crippen LogP contribution in [0.1, 0.15) is 15.9 Å². The standard InChI is InChI=1S/C17H13NO3/c1-10-5-6-15-13(7-10)14(17(20)21)9-16(18-15)11-3-2-4-12(19)8-11/h2-9,19H,1H3,(H,20,21). The molecule has 0 radical (unpaired) electrons. The number of carbonyl (C=O) groups is 1. The van der Waals surface area contributed by atoms with E-state index in [1.807, 2.05) is 25.1 Å². The number of aromatic nitrogens is 1. The van der Waals surface area contributed by atoms with Gasteiger partial charge in [0.05, 0.1) is 16.8 Å². The van der Waals surface area contributed by atoms with Crippen LogP contribution < -0.4 is 0 Å². The highest BCUT2D eigenvalue weighted by Gasteiger charge is 2.13. The molecule has 0 atom stereocenters. The Morgan fingerprint density at radius 2 is 1.90 bits per heavy atom. The second-order valence-corrected chi connectivity index (χ2v) is 4.93. The molecule has 1 aromatic heterocycles. The number of pyridine rings is 1. The number of hydrogen-bond acceptors (Lipinski definition) is 3. The predicted molar refractivity (Wildman–Crippen MR) is 80.5 cm³/mol.